The highest BCUT2D eigenvalue weighted by Gasteiger charge is 2.31. The number of amides is 2. The lowest BCUT2D eigenvalue weighted by molar-refractivity contribution is -0.124. The highest BCUT2D eigenvalue weighted by atomic mass is 35.5. The van der Waals surface area contributed by atoms with Crippen LogP contribution in [0.4, 0.5) is 5.69 Å². The Hall–Kier alpha value is -0.970. The monoisotopic (exact) mass is 292 g/mol. The van der Waals surface area contributed by atoms with Crippen molar-refractivity contribution in [1.82, 2.24) is 5.32 Å². The fourth-order valence-electron chi connectivity index (χ4n) is 1.52. The molecule has 2 N–H and O–H groups in total. The first-order valence-electron chi connectivity index (χ1n) is 4.72. The van der Waals surface area contributed by atoms with E-state index in [0.717, 1.165) is 0 Å². The number of hydrogen-bond acceptors (Lipinski definition) is 3. The molecule has 17 heavy (non-hydrogen) atoms. The van der Waals surface area contributed by atoms with Crippen LogP contribution >= 0.6 is 34.8 Å². The van der Waals surface area contributed by atoms with Crippen LogP contribution in [-0.2, 0) is 9.59 Å². The number of imide groups is 1. The maximum absolute atomic E-state index is 11.4. The van der Waals surface area contributed by atoms with E-state index in [2.05, 4.69) is 10.6 Å². The summed E-state index contributed by atoms with van der Waals surface area (Å²) in [6.07, 6.45) is 0.0636. The molecule has 0 aromatic heterocycles. The van der Waals surface area contributed by atoms with Gasteiger partial charge in [-0.25, -0.2) is 0 Å². The van der Waals surface area contributed by atoms with E-state index in [0.29, 0.717) is 20.8 Å². The first kappa shape index (κ1) is 12.5. The van der Waals surface area contributed by atoms with Gasteiger partial charge in [-0.05, 0) is 12.1 Å². The summed E-state index contributed by atoms with van der Waals surface area (Å²) in [5.41, 5.74) is 0.396. The maximum atomic E-state index is 11.4. The molecular formula is C10H7Cl3N2O2. The minimum atomic E-state index is -0.654. The van der Waals surface area contributed by atoms with E-state index in [4.69, 9.17) is 34.8 Å². The molecule has 90 valence electrons. The van der Waals surface area contributed by atoms with Crippen LogP contribution in [0.5, 0.6) is 0 Å². The van der Waals surface area contributed by atoms with Crippen molar-refractivity contribution in [3.63, 3.8) is 0 Å². The number of anilines is 1. The van der Waals surface area contributed by atoms with E-state index in [-0.39, 0.29) is 12.3 Å². The fraction of sp³-hybridized carbons (Fsp3) is 0.200. The lowest BCUT2D eigenvalue weighted by Crippen LogP contribution is -2.30. The first-order valence-corrected chi connectivity index (χ1v) is 5.85. The van der Waals surface area contributed by atoms with Crippen LogP contribution in [0.1, 0.15) is 6.42 Å². The topological polar surface area (TPSA) is 58.2 Å². The second-order valence-electron chi connectivity index (χ2n) is 3.56. The second-order valence-corrected chi connectivity index (χ2v) is 4.81. The molecule has 0 aliphatic carbocycles. The van der Waals surface area contributed by atoms with Crippen molar-refractivity contribution in [1.29, 1.82) is 0 Å². The summed E-state index contributed by atoms with van der Waals surface area (Å²) in [6, 6.07) is 2.36. The lowest BCUT2D eigenvalue weighted by Gasteiger charge is -2.14. The number of carbonyl (C=O) groups excluding carboxylic acids is 2. The van der Waals surface area contributed by atoms with Crippen LogP contribution in [0.3, 0.4) is 0 Å². The molecule has 1 saturated heterocycles. The predicted molar refractivity (Wildman–Crippen MR) is 66.6 cm³/mol. The first-order chi connectivity index (χ1) is 7.97. The molecule has 0 saturated carbocycles. The Morgan fingerprint density at radius 2 is 1.76 bits per heavy atom. The summed E-state index contributed by atoms with van der Waals surface area (Å²) in [7, 11) is 0. The van der Waals surface area contributed by atoms with Crippen LogP contribution in [0, 0.1) is 0 Å². The molecule has 1 aromatic carbocycles. The molecule has 0 bridgehead atoms. The van der Waals surface area contributed by atoms with Gasteiger partial charge in [-0.2, -0.15) is 0 Å². The van der Waals surface area contributed by atoms with Crippen molar-refractivity contribution in [2.45, 2.75) is 12.5 Å². The fourth-order valence-corrected chi connectivity index (χ4v) is 2.45. The Bertz CT molecular complexity index is 481. The van der Waals surface area contributed by atoms with E-state index in [9.17, 15) is 9.59 Å². The number of hydrogen-bond donors (Lipinski definition) is 2. The van der Waals surface area contributed by atoms with Crippen molar-refractivity contribution < 1.29 is 9.59 Å². The Labute approximate surface area is 112 Å². The van der Waals surface area contributed by atoms with Crippen LogP contribution in [0.2, 0.25) is 15.1 Å². The standard InChI is InChI=1S/C10H7Cl3N2O2/c11-4-1-5(12)9(6(13)2-4)14-7-3-8(16)15-10(7)17/h1-2,7,14H,3H2,(H,15,16,17). The van der Waals surface area contributed by atoms with Crippen molar-refractivity contribution >= 4 is 52.3 Å². The molecule has 1 heterocycles. The van der Waals surface area contributed by atoms with Gasteiger partial charge in [-0.3, -0.25) is 14.9 Å². The van der Waals surface area contributed by atoms with Gasteiger partial charge in [0.1, 0.15) is 6.04 Å². The smallest absolute Gasteiger partial charge is 0.249 e. The molecule has 1 aliphatic heterocycles. The molecule has 4 nitrogen and oxygen atoms in total. The molecule has 1 atom stereocenters. The van der Waals surface area contributed by atoms with Crippen LogP contribution in [0.15, 0.2) is 12.1 Å². The van der Waals surface area contributed by atoms with Crippen molar-refractivity contribution in [3.05, 3.63) is 27.2 Å². The average Bonchev–Trinajstić information content (AvgIpc) is 2.51. The summed E-state index contributed by atoms with van der Waals surface area (Å²) in [5, 5.41) is 6.02. The maximum Gasteiger partial charge on any atom is 0.249 e. The zero-order chi connectivity index (χ0) is 12.6. The molecule has 1 unspecified atom stereocenters. The lowest BCUT2D eigenvalue weighted by atomic mass is 10.2. The van der Waals surface area contributed by atoms with E-state index in [1.54, 1.807) is 0 Å². The third-order valence-electron chi connectivity index (χ3n) is 2.29. The van der Waals surface area contributed by atoms with Gasteiger partial charge in [-0.15, -0.1) is 0 Å². The minimum Gasteiger partial charge on any atom is -0.371 e. The molecular weight excluding hydrogens is 286 g/mol. The molecule has 2 rings (SSSR count). The Kier molecular flexibility index (Phi) is 3.47. The van der Waals surface area contributed by atoms with Crippen LogP contribution < -0.4 is 10.6 Å². The van der Waals surface area contributed by atoms with Gasteiger partial charge >= 0.3 is 0 Å². The van der Waals surface area contributed by atoms with Gasteiger partial charge in [0.05, 0.1) is 22.2 Å². The number of carbonyl (C=O) groups is 2. The molecule has 1 aliphatic rings. The summed E-state index contributed by atoms with van der Waals surface area (Å²) in [5.74, 6) is -0.717. The zero-order valence-electron chi connectivity index (χ0n) is 8.39. The van der Waals surface area contributed by atoms with Gasteiger partial charge in [-0.1, -0.05) is 34.8 Å². The largest absolute Gasteiger partial charge is 0.371 e. The third-order valence-corrected chi connectivity index (χ3v) is 3.11. The number of halogens is 3. The predicted octanol–water partition coefficient (Wildman–Crippen LogP) is 2.47. The third kappa shape index (κ3) is 2.65. The Balaban J connectivity index is 2.25. The second kappa shape index (κ2) is 4.72. The molecule has 2 amide bonds. The average molecular weight is 294 g/mol. The van der Waals surface area contributed by atoms with Gasteiger partial charge < -0.3 is 5.32 Å². The summed E-state index contributed by atoms with van der Waals surface area (Å²) in [6.45, 7) is 0. The summed E-state index contributed by atoms with van der Waals surface area (Å²) < 4.78 is 0. The summed E-state index contributed by atoms with van der Waals surface area (Å²) in [4.78, 5) is 22.4. The quantitative estimate of drug-likeness (QED) is 0.824. The van der Waals surface area contributed by atoms with Crippen LogP contribution in [-0.4, -0.2) is 17.9 Å². The normalized spacial score (nSPS) is 19.4. The Morgan fingerprint density at radius 3 is 2.24 bits per heavy atom. The van der Waals surface area contributed by atoms with E-state index >= 15 is 0 Å². The molecule has 0 spiro atoms. The van der Waals surface area contributed by atoms with Gasteiger partial charge in [0, 0.05) is 5.02 Å². The zero-order valence-corrected chi connectivity index (χ0v) is 10.7. The molecule has 0 radical (unpaired) electrons. The Morgan fingerprint density at radius 1 is 1.18 bits per heavy atom. The van der Waals surface area contributed by atoms with Crippen LogP contribution in [0.25, 0.3) is 0 Å². The van der Waals surface area contributed by atoms with E-state index in [1.807, 2.05) is 0 Å². The highest BCUT2D eigenvalue weighted by Crippen LogP contribution is 2.34. The number of rotatable bonds is 2. The van der Waals surface area contributed by atoms with Crippen molar-refractivity contribution in [3.8, 4) is 0 Å². The van der Waals surface area contributed by atoms with Gasteiger partial charge in [0.25, 0.3) is 0 Å². The molecule has 1 fully saturated rings. The molecule has 1 aromatic rings. The van der Waals surface area contributed by atoms with Gasteiger partial charge in [0.2, 0.25) is 11.8 Å². The summed E-state index contributed by atoms with van der Waals surface area (Å²) >= 11 is 17.7. The molecule has 7 heteroatoms. The SMILES string of the molecule is O=C1CC(Nc2c(Cl)cc(Cl)cc2Cl)C(=O)N1. The highest BCUT2D eigenvalue weighted by molar-refractivity contribution is 6.41. The van der Waals surface area contributed by atoms with Crippen molar-refractivity contribution in [2.75, 3.05) is 5.32 Å². The van der Waals surface area contributed by atoms with E-state index in [1.165, 1.54) is 12.1 Å². The number of benzene rings is 1. The van der Waals surface area contributed by atoms with Gasteiger partial charge in [0.15, 0.2) is 0 Å². The minimum absolute atomic E-state index is 0.0636. The van der Waals surface area contributed by atoms with E-state index < -0.39 is 11.9 Å². The number of nitrogens with one attached hydrogen (secondary N) is 2. The van der Waals surface area contributed by atoms with Crippen molar-refractivity contribution in [2.24, 2.45) is 0 Å².